The zero-order chi connectivity index (χ0) is 13.2. The first-order valence-electron chi connectivity index (χ1n) is 6.56. The minimum atomic E-state index is 0. The Morgan fingerprint density at radius 3 is 2.58 bits per heavy atom. The third kappa shape index (κ3) is 8.80. The Morgan fingerprint density at radius 2 is 2.00 bits per heavy atom. The summed E-state index contributed by atoms with van der Waals surface area (Å²) in [7, 11) is 1.80. The van der Waals surface area contributed by atoms with Crippen LogP contribution >= 0.6 is 24.0 Å². The molecule has 0 unspecified atom stereocenters. The Kier molecular flexibility index (Phi) is 10.5. The van der Waals surface area contributed by atoms with Gasteiger partial charge in [0.25, 0.3) is 0 Å². The van der Waals surface area contributed by atoms with Gasteiger partial charge in [-0.3, -0.25) is 9.98 Å². The summed E-state index contributed by atoms with van der Waals surface area (Å²) in [5, 5.41) is 6.60. The van der Waals surface area contributed by atoms with Crippen molar-refractivity contribution in [3.8, 4) is 0 Å². The monoisotopic (exact) mass is 376 g/mol. The molecule has 0 aromatic carbocycles. The molecule has 0 aliphatic rings. The number of hydrogen-bond donors (Lipinski definition) is 2. The summed E-state index contributed by atoms with van der Waals surface area (Å²) >= 11 is 0. The van der Waals surface area contributed by atoms with E-state index in [0.717, 1.165) is 37.6 Å². The highest BCUT2D eigenvalue weighted by molar-refractivity contribution is 14.0. The summed E-state index contributed by atoms with van der Waals surface area (Å²) in [5.41, 5.74) is 1.10. The lowest BCUT2D eigenvalue weighted by atomic mass is 10.1. The fraction of sp³-hybridized carbons (Fsp3) is 0.571. The number of nitrogens with one attached hydrogen (secondary N) is 2. The molecule has 0 bridgehead atoms. The van der Waals surface area contributed by atoms with Gasteiger partial charge in [0.1, 0.15) is 0 Å². The summed E-state index contributed by atoms with van der Waals surface area (Å²) in [4.78, 5) is 8.48. The van der Waals surface area contributed by atoms with Crippen molar-refractivity contribution in [2.24, 2.45) is 10.9 Å². The first kappa shape index (κ1) is 18.1. The van der Waals surface area contributed by atoms with Crippen LogP contribution in [0.15, 0.2) is 29.4 Å². The Balaban J connectivity index is 0.00000324. The second-order valence-corrected chi connectivity index (χ2v) is 4.68. The molecule has 0 atom stereocenters. The molecule has 0 aliphatic heterocycles. The Hall–Kier alpha value is -0.850. The molecule has 0 fully saturated rings. The summed E-state index contributed by atoms with van der Waals surface area (Å²) in [6, 6.07) is 5.98. The first-order valence-corrected chi connectivity index (χ1v) is 6.56. The molecule has 2 N–H and O–H groups in total. The van der Waals surface area contributed by atoms with Gasteiger partial charge < -0.3 is 10.6 Å². The van der Waals surface area contributed by atoms with E-state index in [-0.39, 0.29) is 24.0 Å². The molecule has 1 aromatic rings. The number of hydrogen-bond acceptors (Lipinski definition) is 2. The topological polar surface area (TPSA) is 49.3 Å². The van der Waals surface area contributed by atoms with E-state index in [1.165, 1.54) is 0 Å². The van der Waals surface area contributed by atoms with Crippen LogP contribution in [0.4, 0.5) is 0 Å². The number of aliphatic imine (C=N–C) groups is 1. The maximum atomic E-state index is 4.29. The number of aromatic nitrogens is 1. The summed E-state index contributed by atoms with van der Waals surface area (Å²) in [5.74, 6) is 1.58. The molecule has 0 saturated carbocycles. The third-order valence-electron chi connectivity index (χ3n) is 2.64. The molecule has 0 radical (unpaired) electrons. The summed E-state index contributed by atoms with van der Waals surface area (Å²) in [6.07, 6.45) is 3.89. The van der Waals surface area contributed by atoms with Gasteiger partial charge in [0.15, 0.2) is 5.96 Å². The van der Waals surface area contributed by atoms with Gasteiger partial charge in [0.2, 0.25) is 0 Å². The molecule has 108 valence electrons. The molecule has 0 amide bonds. The summed E-state index contributed by atoms with van der Waals surface area (Å²) in [6.45, 7) is 6.25. The number of guanidine groups is 1. The van der Waals surface area contributed by atoms with Crippen LogP contribution in [0.2, 0.25) is 0 Å². The van der Waals surface area contributed by atoms with Crippen molar-refractivity contribution >= 4 is 29.9 Å². The average molecular weight is 376 g/mol. The van der Waals surface area contributed by atoms with Crippen molar-refractivity contribution in [3.05, 3.63) is 30.1 Å². The standard InChI is InChI=1S/C14H24N4.HI/c1-12(2)7-10-17-14(15-3)18-11-8-13-6-4-5-9-16-13;/h4-6,9,12H,7-8,10-11H2,1-3H3,(H2,15,17,18);1H. The highest BCUT2D eigenvalue weighted by Crippen LogP contribution is 1.96. The smallest absolute Gasteiger partial charge is 0.190 e. The van der Waals surface area contributed by atoms with Crippen LogP contribution in [0.3, 0.4) is 0 Å². The largest absolute Gasteiger partial charge is 0.356 e. The second kappa shape index (κ2) is 11.0. The van der Waals surface area contributed by atoms with E-state index in [9.17, 15) is 0 Å². The fourth-order valence-corrected chi connectivity index (χ4v) is 1.55. The van der Waals surface area contributed by atoms with Crippen LogP contribution < -0.4 is 10.6 Å². The number of rotatable bonds is 6. The van der Waals surface area contributed by atoms with Gasteiger partial charge in [-0.1, -0.05) is 19.9 Å². The molecular weight excluding hydrogens is 351 g/mol. The highest BCUT2D eigenvalue weighted by Gasteiger charge is 1.99. The maximum Gasteiger partial charge on any atom is 0.190 e. The minimum absolute atomic E-state index is 0. The number of nitrogens with zero attached hydrogens (tertiary/aromatic N) is 2. The number of halogens is 1. The first-order chi connectivity index (χ1) is 8.72. The van der Waals surface area contributed by atoms with E-state index in [1.54, 1.807) is 7.05 Å². The van der Waals surface area contributed by atoms with E-state index in [1.807, 2.05) is 24.4 Å². The molecule has 1 heterocycles. The van der Waals surface area contributed by atoms with Crippen LogP contribution in [0, 0.1) is 5.92 Å². The van der Waals surface area contributed by atoms with Crippen LogP contribution in [-0.4, -0.2) is 31.1 Å². The van der Waals surface area contributed by atoms with E-state index in [4.69, 9.17) is 0 Å². The third-order valence-corrected chi connectivity index (χ3v) is 2.64. The predicted molar refractivity (Wildman–Crippen MR) is 92.2 cm³/mol. The molecule has 1 rings (SSSR count). The quantitative estimate of drug-likeness (QED) is 0.456. The average Bonchev–Trinajstić information content (AvgIpc) is 2.38. The Labute approximate surface area is 133 Å². The van der Waals surface area contributed by atoms with Crippen LogP contribution in [0.1, 0.15) is 26.0 Å². The van der Waals surface area contributed by atoms with Crippen molar-refractivity contribution in [2.75, 3.05) is 20.1 Å². The predicted octanol–water partition coefficient (Wildman–Crippen LogP) is 2.45. The Bertz CT molecular complexity index is 352. The van der Waals surface area contributed by atoms with Gasteiger partial charge >= 0.3 is 0 Å². The number of pyridine rings is 1. The maximum absolute atomic E-state index is 4.29. The summed E-state index contributed by atoms with van der Waals surface area (Å²) < 4.78 is 0. The van der Waals surface area contributed by atoms with E-state index in [0.29, 0.717) is 5.92 Å². The van der Waals surface area contributed by atoms with Crippen molar-refractivity contribution in [2.45, 2.75) is 26.7 Å². The molecule has 1 aromatic heterocycles. The SMILES string of the molecule is CN=C(NCCc1ccccn1)NCCC(C)C.I. The fourth-order valence-electron chi connectivity index (χ4n) is 1.55. The van der Waals surface area contributed by atoms with Crippen LogP contribution in [-0.2, 0) is 6.42 Å². The van der Waals surface area contributed by atoms with Gasteiger partial charge in [-0.15, -0.1) is 24.0 Å². The molecule has 5 heteroatoms. The lowest BCUT2D eigenvalue weighted by Gasteiger charge is -2.12. The van der Waals surface area contributed by atoms with Crippen LogP contribution in [0.25, 0.3) is 0 Å². The second-order valence-electron chi connectivity index (χ2n) is 4.68. The molecule has 0 aliphatic carbocycles. The minimum Gasteiger partial charge on any atom is -0.356 e. The molecule has 0 saturated heterocycles. The van der Waals surface area contributed by atoms with Crippen molar-refractivity contribution < 1.29 is 0 Å². The molecule has 19 heavy (non-hydrogen) atoms. The molecule has 0 spiro atoms. The van der Waals surface area contributed by atoms with Gasteiger partial charge in [-0.05, 0) is 24.5 Å². The van der Waals surface area contributed by atoms with E-state index >= 15 is 0 Å². The normalized spacial score (nSPS) is 11.1. The van der Waals surface area contributed by atoms with Gasteiger partial charge in [0, 0.05) is 38.4 Å². The van der Waals surface area contributed by atoms with Gasteiger partial charge in [-0.25, -0.2) is 0 Å². The van der Waals surface area contributed by atoms with Crippen molar-refractivity contribution in [1.82, 2.24) is 15.6 Å². The zero-order valence-electron chi connectivity index (χ0n) is 12.0. The van der Waals surface area contributed by atoms with E-state index in [2.05, 4.69) is 34.5 Å². The van der Waals surface area contributed by atoms with Crippen LogP contribution in [0.5, 0.6) is 0 Å². The molecular formula is C14H25IN4. The molecule has 4 nitrogen and oxygen atoms in total. The van der Waals surface area contributed by atoms with Gasteiger partial charge in [0.05, 0.1) is 0 Å². The van der Waals surface area contributed by atoms with Crippen molar-refractivity contribution in [1.29, 1.82) is 0 Å². The zero-order valence-corrected chi connectivity index (χ0v) is 14.3. The van der Waals surface area contributed by atoms with Crippen molar-refractivity contribution in [3.63, 3.8) is 0 Å². The lowest BCUT2D eigenvalue weighted by Crippen LogP contribution is -2.39. The lowest BCUT2D eigenvalue weighted by molar-refractivity contribution is 0.573. The Morgan fingerprint density at radius 1 is 1.26 bits per heavy atom. The van der Waals surface area contributed by atoms with E-state index < -0.39 is 0 Å². The highest BCUT2D eigenvalue weighted by atomic mass is 127. The van der Waals surface area contributed by atoms with Gasteiger partial charge in [-0.2, -0.15) is 0 Å².